The Hall–Kier alpha value is -0.940. The molecule has 1 heterocycles. The van der Waals surface area contributed by atoms with E-state index in [2.05, 4.69) is 15.5 Å². The molecule has 14 heavy (non-hydrogen) atoms. The van der Waals surface area contributed by atoms with Gasteiger partial charge in [-0.2, -0.15) is 4.98 Å². The predicted molar refractivity (Wildman–Crippen MR) is 51.9 cm³/mol. The Bertz CT molecular complexity index is 262. The summed E-state index contributed by atoms with van der Waals surface area (Å²) in [6, 6.07) is 0. The summed E-state index contributed by atoms with van der Waals surface area (Å²) in [5.41, 5.74) is 0. The summed E-state index contributed by atoms with van der Waals surface area (Å²) in [7, 11) is 0. The van der Waals surface area contributed by atoms with Gasteiger partial charge in [-0.25, -0.2) is 0 Å². The molecule has 0 fully saturated rings. The van der Waals surface area contributed by atoms with Crippen molar-refractivity contribution in [1.82, 2.24) is 15.5 Å². The molecule has 0 radical (unpaired) electrons. The first-order valence-corrected chi connectivity index (χ1v) is 4.90. The van der Waals surface area contributed by atoms with Gasteiger partial charge in [0.05, 0.1) is 6.10 Å². The van der Waals surface area contributed by atoms with Crippen LogP contribution < -0.4 is 5.32 Å². The Morgan fingerprint density at radius 2 is 2.36 bits per heavy atom. The summed E-state index contributed by atoms with van der Waals surface area (Å²) in [6.07, 6.45) is 1.21. The number of aromatic nitrogens is 2. The molecule has 1 atom stereocenters. The number of aryl methyl sites for hydroxylation is 1. The third kappa shape index (κ3) is 3.85. The maximum atomic E-state index is 9.25. The third-order valence-corrected chi connectivity index (χ3v) is 1.94. The molecule has 0 aromatic carbocycles. The van der Waals surface area contributed by atoms with Crippen LogP contribution in [0.2, 0.25) is 0 Å². The summed E-state index contributed by atoms with van der Waals surface area (Å²) in [5.74, 6) is 1.30. The molecule has 0 bridgehead atoms. The molecule has 0 aliphatic carbocycles. The molecule has 1 rings (SSSR count). The normalized spacial score (nSPS) is 13.1. The smallest absolute Gasteiger partial charge is 0.227 e. The van der Waals surface area contributed by atoms with Crippen LogP contribution in [0.3, 0.4) is 0 Å². The number of rotatable bonds is 6. The second kappa shape index (κ2) is 5.72. The van der Waals surface area contributed by atoms with Crippen molar-refractivity contribution >= 4 is 0 Å². The maximum Gasteiger partial charge on any atom is 0.227 e. The average molecular weight is 199 g/mol. The van der Waals surface area contributed by atoms with Crippen molar-refractivity contribution in [2.45, 2.75) is 32.8 Å². The largest absolute Gasteiger partial charge is 0.392 e. The summed E-state index contributed by atoms with van der Waals surface area (Å²) in [4.78, 5) is 4.07. The van der Waals surface area contributed by atoms with E-state index in [9.17, 15) is 5.11 Å². The SMILES string of the molecule is CCC(O)CNCCc1nc(C)no1. The molecule has 2 N–H and O–H groups in total. The van der Waals surface area contributed by atoms with E-state index in [4.69, 9.17) is 4.52 Å². The molecule has 0 saturated carbocycles. The van der Waals surface area contributed by atoms with Gasteiger partial charge in [-0.3, -0.25) is 0 Å². The first kappa shape index (κ1) is 11.1. The molecule has 0 spiro atoms. The fourth-order valence-electron chi connectivity index (χ4n) is 1.05. The van der Waals surface area contributed by atoms with Gasteiger partial charge in [0.2, 0.25) is 5.89 Å². The number of hydrogen-bond acceptors (Lipinski definition) is 5. The van der Waals surface area contributed by atoms with E-state index in [1.165, 1.54) is 0 Å². The highest BCUT2D eigenvalue weighted by molar-refractivity contribution is 4.83. The van der Waals surface area contributed by atoms with E-state index in [0.717, 1.165) is 13.0 Å². The van der Waals surface area contributed by atoms with Crippen LogP contribution in [-0.4, -0.2) is 34.4 Å². The lowest BCUT2D eigenvalue weighted by Crippen LogP contribution is -2.27. The van der Waals surface area contributed by atoms with Crippen molar-refractivity contribution in [2.75, 3.05) is 13.1 Å². The molecule has 1 aromatic rings. The molecule has 1 aromatic heterocycles. The van der Waals surface area contributed by atoms with Crippen LogP contribution >= 0.6 is 0 Å². The number of hydrogen-bond donors (Lipinski definition) is 2. The lowest BCUT2D eigenvalue weighted by molar-refractivity contribution is 0.167. The van der Waals surface area contributed by atoms with Crippen LogP contribution in [-0.2, 0) is 6.42 Å². The number of aliphatic hydroxyl groups excluding tert-OH is 1. The van der Waals surface area contributed by atoms with Gasteiger partial charge in [0.1, 0.15) is 0 Å². The molecule has 0 aliphatic rings. The zero-order valence-corrected chi connectivity index (χ0v) is 8.66. The predicted octanol–water partition coefficient (Wildman–Crippen LogP) is 0.281. The lowest BCUT2D eigenvalue weighted by atomic mass is 10.3. The van der Waals surface area contributed by atoms with Gasteiger partial charge >= 0.3 is 0 Å². The minimum Gasteiger partial charge on any atom is -0.392 e. The molecule has 1 unspecified atom stereocenters. The van der Waals surface area contributed by atoms with Gasteiger partial charge in [0.25, 0.3) is 0 Å². The Morgan fingerprint density at radius 3 is 2.93 bits per heavy atom. The molecule has 5 nitrogen and oxygen atoms in total. The van der Waals surface area contributed by atoms with Crippen molar-refractivity contribution in [3.8, 4) is 0 Å². The molecular weight excluding hydrogens is 182 g/mol. The van der Waals surface area contributed by atoms with Crippen LogP contribution in [0.25, 0.3) is 0 Å². The topological polar surface area (TPSA) is 71.2 Å². The van der Waals surface area contributed by atoms with E-state index in [0.29, 0.717) is 24.7 Å². The van der Waals surface area contributed by atoms with E-state index in [1.807, 2.05) is 6.92 Å². The van der Waals surface area contributed by atoms with Crippen molar-refractivity contribution in [3.05, 3.63) is 11.7 Å². The third-order valence-electron chi connectivity index (χ3n) is 1.94. The highest BCUT2D eigenvalue weighted by Crippen LogP contribution is 1.95. The first-order valence-electron chi connectivity index (χ1n) is 4.90. The highest BCUT2D eigenvalue weighted by atomic mass is 16.5. The van der Waals surface area contributed by atoms with Crippen LogP contribution in [0.4, 0.5) is 0 Å². The fourth-order valence-corrected chi connectivity index (χ4v) is 1.05. The van der Waals surface area contributed by atoms with Crippen LogP contribution in [0, 0.1) is 6.92 Å². The van der Waals surface area contributed by atoms with Crippen LogP contribution in [0.1, 0.15) is 25.1 Å². The fraction of sp³-hybridized carbons (Fsp3) is 0.778. The van der Waals surface area contributed by atoms with Crippen LogP contribution in [0.5, 0.6) is 0 Å². The van der Waals surface area contributed by atoms with Crippen LogP contribution in [0.15, 0.2) is 4.52 Å². The first-order chi connectivity index (χ1) is 6.72. The summed E-state index contributed by atoms with van der Waals surface area (Å²) < 4.78 is 4.93. The van der Waals surface area contributed by atoms with Crippen molar-refractivity contribution in [2.24, 2.45) is 0 Å². The van der Waals surface area contributed by atoms with Gasteiger partial charge in [-0.05, 0) is 13.3 Å². The van der Waals surface area contributed by atoms with E-state index in [-0.39, 0.29) is 6.10 Å². The summed E-state index contributed by atoms with van der Waals surface area (Å²) in [6.45, 7) is 5.11. The van der Waals surface area contributed by atoms with Crippen molar-refractivity contribution in [1.29, 1.82) is 0 Å². The molecule has 5 heteroatoms. The lowest BCUT2D eigenvalue weighted by Gasteiger charge is -2.07. The second-order valence-corrected chi connectivity index (χ2v) is 3.25. The van der Waals surface area contributed by atoms with Gasteiger partial charge in [0.15, 0.2) is 5.82 Å². The molecular formula is C9H17N3O2. The molecule has 80 valence electrons. The Kier molecular flexibility index (Phi) is 4.55. The quantitative estimate of drug-likeness (QED) is 0.644. The number of nitrogens with one attached hydrogen (secondary N) is 1. The summed E-state index contributed by atoms with van der Waals surface area (Å²) in [5, 5.41) is 16.0. The molecule has 0 aliphatic heterocycles. The number of nitrogens with zero attached hydrogens (tertiary/aromatic N) is 2. The Balaban J connectivity index is 2.10. The number of aliphatic hydroxyl groups is 1. The Morgan fingerprint density at radius 1 is 1.57 bits per heavy atom. The minimum absolute atomic E-state index is 0.264. The van der Waals surface area contributed by atoms with Gasteiger partial charge in [-0.1, -0.05) is 12.1 Å². The molecule has 0 amide bonds. The maximum absolute atomic E-state index is 9.25. The average Bonchev–Trinajstić information content (AvgIpc) is 2.58. The van der Waals surface area contributed by atoms with Gasteiger partial charge in [0, 0.05) is 19.5 Å². The second-order valence-electron chi connectivity index (χ2n) is 3.25. The zero-order valence-electron chi connectivity index (χ0n) is 8.66. The zero-order chi connectivity index (χ0) is 10.4. The summed E-state index contributed by atoms with van der Waals surface area (Å²) >= 11 is 0. The standard InChI is InChI=1S/C9H17N3O2/c1-3-8(13)6-10-5-4-9-11-7(2)12-14-9/h8,10,13H,3-6H2,1-2H3. The van der Waals surface area contributed by atoms with E-state index >= 15 is 0 Å². The van der Waals surface area contributed by atoms with E-state index < -0.39 is 0 Å². The Labute approximate surface area is 83.5 Å². The highest BCUT2D eigenvalue weighted by Gasteiger charge is 2.03. The van der Waals surface area contributed by atoms with Crippen molar-refractivity contribution in [3.63, 3.8) is 0 Å². The van der Waals surface area contributed by atoms with Crippen molar-refractivity contribution < 1.29 is 9.63 Å². The van der Waals surface area contributed by atoms with E-state index in [1.54, 1.807) is 6.92 Å². The monoisotopic (exact) mass is 199 g/mol. The minimum atomic E-state index is -0.264. The van der Waals surface area contributed by atoms with Gasteiger partial charge in [-0.15, -0.1) is 0 Å². The molecule has 0 saturated heterocycles. The van der Waals surface area contributed by atoms with Gasteiger partial charge < -0.3 is 14.9 Å².